The van der Waals surface area contributed by atoms with E-state index in [1.54, 1.807) is 9.80 Å². The van der Waals surface area contributed by atoms with Crippen LogP contribution in [0.3, 0.4) is 0 Å². The second-order valence-electron chi connectivity index (χ2n) is 5.54. The Balaban J connectivity index is 0.00000264. The molecular weight excluding hydrogens is 316 g/mol. The number of benzene rings is 1. The number of nitrogens with one attached hydrogen (secondary N) is 1. The van der Waals surface area contributed by atoms with E-state index >= 15 is 0 Å². The van der Waals surface area contributed by atoms with Crippen molar-refractivity contribution in [3.05, 3.63) is 35.4 Å². The zero-order valence-corrected chi connectivity index (χ0v) is 14.4. The van der Waals surface area contributed by atoms with Crippen LogP contribution in [0.4, 0.5) is 4.79 Å². The second-order valence-corrected chi connectivity index (χ2v) is 5.54. The summed E-state index contributed by atoms with van der Waals surface area (Å²) in [6.45, 7) is 6.62. The number of carbonyl (C=O) groups is 2. The van der Waals surface area contributed by atoms with Gasteiger partial charge < -0.3 is 20.9 Å². The van der Waals surface area contributed by atoms with E-state index in [9.17, 15) is 9.59 Å². The highest BCUT2D eigenvalue weighted by Gasteiger charge is 2.27. The standard InChI is InChI=1S/C16H24N4O2.ClH/c1-3-18-16(22)20-10-8-19(9-11-20)15(21)14(17)13-6-4-12(2)5-7-13;/h4-7,14H,3,8-11,17H2,1-2H3,(H,18,22);1H. The molecule has 0 spiro atoms. The average Bonchev–Trinajstić information content (AvgIpc) is 2.54. The lowest BCUT2D eigenvalue weighted by molar-refractivity contribution is -0.134. The van der Waals surface area contributed by atoms with Gasteiger partial charge in [-0.1, -0.05) is 29.8 Å². The van der Waals surface area contributed by atoms with Gasteiger partial charge in [-0.15, -0.1) is 12.4 Å². The van der Waals surface area contributed by atoms with Gasteiger partial charge in [0, 0.05) is 32.7 Å². The van der Waals surface area contributed by atoms with Crippen LogP contribution in [0, 0.1) is 6.92 Å². The molecule has 0 aromatic heterocycles. The Kier molecular flexibility index (Phi) is 7.32. The quantitative estimate of drug-likeness (QED) is 0.870. The van der Waals surface area contributed by atoms with Crippen LogP contribution in [0.5, 0.6) is 0 Å². The summed E-state index contributed by atoms with van der Waals surface area (Å²) in [4.78, 5) is 27.7. The predicted molar refractivity (Wildman–Crippen MR) is 92.6 cm³/mol. The van der Waals surface area contributed by atoms with Crippen molar-refractivity contribution in [3.63, 3.8) is 0 Å². The Morgan fingerprint density at radius 1 is 1.13 bits per heavy atom. The number of hydrogen-bond donors (Lipinski definition) is 2. The lowest BCUT2D eigenvalue weighted by Gasteiger charge is -2.35. The molecule has 0 bridgehead atoms. The highest BCUT2D eigenvalue weighted by atomic mass is 35.5. The molecule has 0 saturated carbocycles. The van der Waals surface area contributed by atoms with E-state index in [-0.39, 0.29) is 24.3 Å². The molecule has 1 aromatic carbocycles. The number of aryl methyl sites for hydroxylation is 1. The first-order valence-electron chi connectivity index (χ1n) is 7.66. The van der Waals surface area contributed by atoms with Gasteiger partial charge in [-0.3, -0.25) is 4.79 Å². The van der Waals surface area contributed by atoms with Gasteiger partial charge in [0.1, 0.15) is 6.04 Å². The molecule has 1 saturated heterocycles. The number of piperazine rings is 1. The minimum atomic E-state index is -0.642. The van der Waals surface area contributed by atoms with Gasteiger partial charge in [0.25, 0.3) is 0 Å². The van der Waals surface area contributed by atoms with E-state index in [1.165, 1.54) is 0 Å². The molecule has 1 aromatic rings. The van der Waals surface area contributed by atoms with Gasteiger partial charge >= 0.3 is 6.03 Å². The molecule has 3 amide bonds. The molecule has 23 heavy (non-hydrogen) atoms. The monoisotopic (exact) mass is 340 g/mol. The average molecular weight is 341 g/mol. The molecule has 128 valence electrons. The van der Waals surface area contributed by atoms with E-state index in [0.717, 1.165) is 11.1 Å². The number of nitrogens with zero attached hydrogens (tertiary/aromatic N) is 2. The van der Waals surface area contributed by atoms with Gasteiger partial charge in [-0.25, -0.2) is 4.79 Å². The van der Waals surface area contributed by atoms with E-state index in [4.69, 9.17) is 5.73 Å². The fourth-order valence-corrected chi connectivity index (χ4v) is 2.51. The number of urea groups is 1. The van der Waals surface area contributed by atoms with Gasteiger partial charge in [-0.2, -0.15) is 0 Å². The molecule has 6 nitrogen and oxygen atoms in total. The van der Waals surface area contributed by atoms with Crippen molar-refractivity contribution in [2.24, 2.45) is 5.73 Å². The number of hydrogen-bond acceptors (Lipinski definition) is 3. The van der Waals surface area contributed by atoms with E-state index in [2.05, 4.69) is 5.32 Å². The van der Waals surface area contributed by atoms with Crippen LogP contribution in [0.25, 0.3) is 0 Å². The van der Waals surface area contributed by atoms with E-state index in [1.807, 2.05) is 38.1 Å². The summed E-state index contributed by atoms with van der Waals surface area (Å²) in [6, 6.07) is 6.98. The Labute approximate surface area is 143 Å². The predicted octanol–water partition coefficient (Wildman–Crippen LogP) is 1.29. The molecule has 1 aliphatic rings. The Hall–Kier alpha value is -1.79. The van der Waals surface area contributed by atoms with Crippen molar-refractivity contribution in [1.29, 1.82) is 0 Å². The second kappa shape index (κ2) is 8.74. The Morgan fingerprint density at radius 3 is 2.17 bits per heavy atom. The summed E-state index contributed by atoms with van der Waals surface area (Å²) in [7, 11) is 0. The molecule has 1 atom stereocenters. The third-order valence-electron chi connectivity index (χ3n) is 3.91. The zero-order valence-electron chi connectivity index (χ0n) is 13.6. The minimum absolute atomic E-state index is 0. The molecular formula is C16H25ClN4O2. The topological polar surface area (TPSA) is 78.7 Å². The molecule has 1 fully saturated rings. The normalized spacial score (nSPS) is 15.6. The molecule has 3 N–H and O–H groups in total. The first-order valence-corrected chi connectivity index (χ1v) is 7.66. The van der Waals surface area contributed by atoms with Crippen LogP contribution >= 0.6 is 12.4 Å². The molecule has 1 aliphatic heterocycles. The summed E-state index contributed by atoms with van der Waals surface area (Å²) < 4.78 is 0. The number of halogens is 1. The van der Waals surface area contributed by atoms with Crippen molar-refractivity contribution in [2.45, 2.75) is 19.9 Å². The molecule has 1 unspecified atom stereocenters. The summed E-state index contributed by atoms with van der Waals surface area (Å²) in [6.07, 6.45) is 0. The van der Waals surface area contributed by atoms with E-state index < -0.39 is 6.04 Å². The van der Waals surface area contributed by atoms with Crippen molar-refractivity contribution in [3.8, 4) is 0 Å². The molecule has 2 rings (SSSR count). The molecule has 7 heteroatoms. The number of rotatable bonds is 3. The Bertz CT molecular complexity index is 527. The first-order chi connectivity index (χ1) is 10.5. The van der Waals surface area contributed by atoms with Crippen LogP contribution in [-0.4, -0.2) is 54.5 Å². The van der Waals surface area contributed by atoms with Crippen molar-refractivity contribution >= 4 is 24.3 Å². The van der Waals surface area contributed by atoms with Crippen LogP contribution < -0.4 is 11.1 Å². The summed E-state index contributed by atoms with van der Waals surface area (Å²) >= 11 is 0. The number of carbonyl (C=O) groups excluding carboxylic acids is 2. The van der Waals surface area contributed by atoms with Crippen molar-refractivity contribution < 1.29 is 9.59 Å². The van der Waals surface area contributed by atoms with Gasteiger partial charge in [0.15, 0.2) is 0 Å². The highest BCUT2D eigenvalue weighted by Crippen LogP contribution is 2.15. The summed E-state index contributed by atoms with van der Waals surface area (Å²) in [5.74, 6) is -0.0839. The highest BCUT2D eigenvalue weighted by molar-refractivity contribution is 5.85. The van der Waals surface area contributed by atoms with Gasteiger partial charge in [0.05, 0.1) is 0 Å². The molecule has 0 radical (unpaired) electrons. The SMILES string of the molecule is CCNC(=O)N1CCN(C(=O)C(N)c2ccc(C)cc2)CC1.Cl. The molecule has 0 aliphatic carbocycles. The van der Waals surface area contributed by atoms with E-state index in [0.29, 0.717) is 32.7 Å². The number of nitrogens with two attached hydrogens (primary N) is 1. The smallest absolute Gasteiger partial charge is 0.317 e. The zero-order chi connectivity index (χ0) is 16.1. The maximum Gasteiger partial charge on any atom is 0.317 e. The van der Waals surface area contributed by atoms with Crippen LogP contribution in [-0.2, 0) is 4.79 Å². The van der Waals surface area contributed by atoms with Crippen LogP contribution in [0.1, 0.15) is 24.1 Å². The summed E-state index contributed by atoms with van der Waals surface area (Å²) in [5.41, 5.74) is 8.04. The van der Waals surface area contributed by atoms with Crippen molar-refractivity contribution in [2.75, 3.05) is 32.7 Å². The third kappa shape index (κ3) is 4.84. The maximum absolute atomic E-state index is 12.5. The number of amides is 3. The first kappa shape index (κ1) is 19.3. The largest absolute Gasteiger partial charge is 0.338 e. The third-order valence-corrected chi connectivity index (χ3v) is 3.91. The fourth-order valence-electron chi connectivity index (χ4n) is 2.51. The fraction of sp³-hybridized carbons (Fsp3) is 0.500. The summed E-state index contributed by atoms with van der Waals surface area (Å²) in [5, 5.41) is 2.77. The minimum Gasteiger partial charge on any atom is -0.338 e. The Morgan fingerprint density at radius 2 is 1.65 bits per heavy atom. The van der Waals surface area contributed by atoms with Gasteiger partial charge in [-0.05, 0) is 19.4 Å². The van der Waals surface area contributed by atoms with Gasteiger partial charge in [0.2, 0.25) is 5.91 Å². The lowest BCUT2D eigenvalue weighted by Crippen LogP contribution is -2.54. The maximum atomic E-state index is 12.5. The van der Waals surface area contributed by atoms with Crippen LogP contribution in [0.15, 0.2) is 24.3 Å². The lowest BCUT2D eigenvalue weighted by atomic mass is 10.0. The molecule has 1 heterocycles. The van der Waals surface area contributed by atoms with Crippen molar-refractivity contribution in [1.82, 2.24) is 15.1 Å². The van der Waals surface area contributed by atoms with Crippen LogP contribution in [0.2, 0.25) is 0 Å².